The highest BCUT2D eigenvalue weighted by Crippen LogP contribution is 2.15. The van der Waals surface area contributed by atoms with E-state index in [4.69, 9.17) is 0 Å². The minimum atomic E-state index is 0.00924. The van der Waals surface area contributed by atoms with Crippen molar-refractivity contribution in [2.75, 3.05) is 58.2 Å². The Bertz CT molecular complexity index is 612. The molecule has 1 aliphatic rings. The molecule has 6 nitrogen and oxygen atoms in total. The van der Waals surface area contributed by atoms with Gasteiger partial charge in [-0.1, -0.05) is 38.5 Å². The zero-order chi connectivity index (χ0) is 19.6. The van der Waals surface area contributed by atoms with Crippen molar-refractivity contribution in [1.29, 1.82) is 0 Å². The number of unbranched alkanes of at least 4 members (excludes halogenated alkanes) is 1. The molecule has 0 bridgehead atoms. The van der Waals surface area contributed by atoms with Crippen molar-refractivity contribution in [2.45, 2.75) is 33.1 Å². The Labute approximate surface area is 163 Å². The number of likely N-dealkylation sites (N-methyl/N-ethyl adjacent to an activating group) is 1. The molecule has 0 radical (unpaired) electrons. The number of amides is 2. The third-order valence-electron chi connectivity index (χ3n) is 5.06. The van der Waals surface area contributed by atoms with Crippen LogP contribution < -0.4 is 5.32 Å². The average Bonchev–Trinajstić information content (AvgIpc) is 2.67. The van der Waals surface area contributed by atoms with Crippen LogP contribution in [0.1, 0.15) is 32.3 Å². The Morgan fingerprint density at radius 1 is 1.11 bits per heavy atom. The maximum absolute atomic E-state index is 12.4. The fourth-order valence-electron chi connectivity index (χ4n) is 3.34. The first kappa shape index (κ1) is 21.4. The van der Waals surface area contributed by atoms with Crippen LogP contribution in [-0.2, 0) is 16.0 Å². The van der Waals surface area contributed by atoms with E-state index in [1.807, 2.05) is 36.2 Å². The van der Waals surface area contributed by atoms with Gasteiger partial charge in [0.25, 0.3) is 0 Å². The number of benzene rings is 1. The third kappa shape index (κ3) is 6.96. The van der Waals surface area contributed by atoms with E-state index in [0.29, 0.717) is 26.2 Å². The van der Waals surface area contributed by atoms with Gasteiger partial charge in [0, 0.05) is 31.9 Å². The Morgan fingerprint density at radius 2 is 1.81 bits per heavy atom. The molecule has 0 aliphatic carbocycles. The highest BCUT2D eigenvalue weighted by atomic mass is 16.2. The van der Waals surface area contributed by atoms with Gasteiger partial charge in [-0.2, -0.15) is 0 Å². The van der Waals surface area contributed by atoms with Crippen LogP contribution in [0.4, 0.5) is 5.69 Å². The third-order valence-corrected chi connectivity index (χ3v) is 5.06. The zero-order valence-corrected chi connectivity index (χ0v) is 17.0. The first-order valence-corrected chi connectivity index (χ1v) is 10.1. The van der Waals surface area contributed by atoms with Crippen LogP contribution >= 0.6 is 0 Å². The van der Waals surface area contributed by atoms with Crippen molar-refractivity contribution >= 4 is 17.5 Å². The van der Waals surface area contributed by atoms with Crippen LogP contribution in [0, 0.1) is 0 Å². The largest absolute Gasteiger partial charge is 0.339 e. The quantitative estimate of drug-likeness (QED) is 0.719. The molecule has 1 aromatic carbocycles. The number of hydrogen-bond donors (Lipinski definition) is 1. The van der Waals surface area contributed by atoms with Crippen molar-refractivity contribution in [2.24, 2.45) is 0 Å². The van der Waals surface area contributed by atoms with Crippen molar-refractivity contribution in [1.82, 2.24) is 14.7 Å². The van der Waals surface area contributed by atoms with E-state index in [1.165, 1.54) is 0 Å². The monoisotopic (exact) mass is 374 g/mol. The number of aryl methyl sites for hydroxylation is 1. The van der Waals surface area contributed by atoms with Crippen LogP contribution in [-0.4, -0.2) is 79.4 Å². The molecule has 1 aliphatic heterocycles. The Hall–Kier alpha value is -1.92. The van der Waals surface area contributed by atoms with Gasteiger partial charge in [-0.05, 0) is 38.1 Å². The van der Waals surface area contributed by atoms with E-state index in [2.05, 4.69) is 29.0 Å². The number of carbonyl (C=O) groups is 2. The van der Waals surface area contributed by atoms with E-state index in [-0.39, 0.29) is 11.8 Å². The van der Waals surface area contributed by atoms with Gasteiger partial charge >= 0.3 is 0 Å². The summed E-state index contributed by atoms with van der Waals surface area (Å²) >= 11 is 0. The zero-order valence-electron chi connectivity index (χ0n) is 17.0. The van der Waals surface area contributed by atoms with Crippen LogP contribution in [0.15, 0.2) is 24.3 Å². The molecule has 0 unspecified atom stereocenters. The van der Waals surface area contributed by atoms with E-state index in [0.717, 1.165) is 50.1 Å². The summed E-state index contributed by atoms with van der Waals surface area (Å²) in [5.41, 5.74) is 2.04. The Morgan fingerprint density at radius 3 is 2.48 bits per heavy atom. The lowest BCUT2D eigenvalue weighted by atomic mass is 10.1. The molecule has 1 N–H and O–H groups in total. The molecule has 0 atom stereocenters. The number of anilines is 1. The first-order chi connectivity index (χ1) is 13.0. The van der Waals surface area contributed by atoms with Crippen molar-refractivity contribution in [3.8, 4) is 0 Å². The SMILES string of the molecule is CCCCN(C)CC(=O)N1CCN(CC(=O)Nc2ccccc2CC)CC1. The van der Waals surface area contributed by atoms with E-state index >= 15 is 0 Å². The van der Waals surface area contributed by atoms with Crippen molar-refractivity contribution < 1.29 is 9.59 Å². The normalized spacial score (nSPS) is 15.2. The molecule has 150 valence electrons. The number of nitrogens with zero attached hydrogens (tertiary/aromatic N) is 3. The fourth-order valence-corrected chi connectivity index (χ4v) is 3.34. The number of carbonyl (C=O) groups excluding carboxylic acids is 2. The summed E-state index contributed by atoms with van der Waals surface area (Å²) in [6.07, 6.45) is 3.15. The molecule has 2 amide bonds. The Kier molecular flexibility index (Phi) is 8.75. The lowest BCUT2D eigenvalue weighted by Gasteiger charge is -2.35. The number of rotatable bonds is 9. The van der Waals surface area contributed by atoms with Crippen molar-refractivity contribution in [3.05, 3.63) is 29.8 Å². The predicted octanol–water partition coefficient (Wildman–Crippen LogP) is 2.06. The molecule has 0 aromatic heterocycles. The molecular formula is C21H34N4O2. The average molecular weight is 375 g/mol. The minimum Gasteiger partial charge on any atom is -0.339 e. The van der Waals surface area contributed by atoms with E-state index < -0.39 is 0 Å². The molecule has 27 heavy (non-hydrogen) atoms. The molecule has 1 heterocycles. The van der Waals surface area contributed by atoms with Gasteiger partial charge in [-0.25, -0.2) is 0 Å². The molecule has 2 rings (SSSR count). The Balaban J connectivity index is 1.73. The summed E-state index contributed by atoms with van der Waals surface area (Å²) in [6.45, 7) is 8.93. The molecule has 0 spiro atoms. The lowest BCUT2D eigenvalue weighted by molar-refractivity contribution is -0.134. The summed E-state index contributed by atoms with van der Waals surface area (Å²) in [6, 6.07) is 7.92. The number of piperazine rings is 1. The van der Waals surface area contributed by atoms with Crippen LogP contribution in [0.5, 0.6) is 0 Å². The summed E-state index contributed by atoms with van der Waals surface area (Å²) in [4.78, 5) is 30.9. The molecule has 0 saturated carbocycles. The smallest absolute Gasteiger partial charge is 0.238 e. The van der Waals surface area contributed by atoms with Gasteiger partial charge in [0.15, 0.2) is 0 Å². The predicted molar refractivity (Wildman–Crippen MR) is 110 cm³/mol. The minimum absolute atomic E-state index is 0.00924. The van der Waals surface area contributed by atoms with Crippen LogP contribution in [0.25, 0.3) is 0 Å². The van der Waals surface area contributed by atoms with Gasteiger partial charge in [0.1, 0.15) is 0 Å². The fraction of sp³-hybridized carbons (Fsp3) is 0.619. The highest BCUT2D eigenvalue weighted by Gasteiger charge is 2.23. The van der Waals surface area contributed by atoms with Gasteiger partial charge < -0.3 is 10.2 Å². The second kappa shape index (κ2) is 11.0. The summed E-state index contributed by atoms with van der Waals surface area (Å²) in [7, 11) is 2.00. The highest BCUT2D eigenvalue weighted by molar-refractivity contribution is 5.93. The maximum Gasteiger partial charge on any atom is 0.238 e. The van der Waals surface area contributed by atoms with Crippen LogP contribution in [0.3, 0.4) is 0 Å². The molecule has 6 heteroatoms. The number of para-hydroxylation sites is 1. The second-order valence-electron chi connectivity index (χ2n) is 7.31. The molecular weight excluding hydrogens is 340 g/mol. The lowest BCUT2D eigenvalue weighted by Crippen LogP contribution is -2.52. The first-order valence-electron chi connectivity index (χ1n) is 10.1. The van der Waals surface area contributed by atoms with Gasteiger partial charge in [-0.3, -0.25) is 19.4 Å². The summed E-state index contributed by atoms with van der Waals surface area (Å²) < 4.78 is 0. The van der Waals surface area contributed by atoms with Crippen LogP contribution in [0.2, 0.25) is 0 Å². The standard InChI is InChI=1S/C21H34N4O2/c1-4-6-11-23(3)17-21(27)25-14-12-24(13-15-25)16-20(26)22-19-10-8-7-9-18(19)5-2/h7-10H,4-6,11-17H2,1-3H3,(H,22,26). The summed E-state index contributed by atoms with van der Waals surface area (Å²) in [5, 5.41) is 3.02. The van der Waals surface area contributed by atoms with Gasteiger partial charge in [0.05, 0.1) is 13.1 Å². The second-order valence-corrected chi connectivity index (χ2v) is 7.31. The van der Waals surface area contributed by atoms with E-state index in [9.17, 15) is 9.59 Å². The topological polar surface area (TPSA) is 55.9 Å². The number of nitrogens with one attached hydrogen (secondary N) is 1. The molecule has 1 saturated heterocycles. The van der Waals surface area contributed by atoms with E-state index in [1.54, 1.807) is 0 Å². The molecule has 1 aromatic rings. The van der Waals surface area contributed by atoms with Gasteiger partial charge in [-0.15, -0.1) is 0 Å². The summed E-state index contributed by atoms with van der Waals surface area (Å²) in [5.74, 6) is 0.199. The number of hydrogen-bond acceptors (Lipinski definition) is 4. The van der Waals surface area contributed by atoms with Gasteiger partial charge in [0.2, 0.25) is 11.8 Å². The molecule has 1 fully saturated rings. The maximum atomic E-state index is 12.4. The van der Waals surface area contributed by atoms with Crippen molar-refractivity contribution in [3.63, 3.8) is 0 Å².